The Bertz CT molecular complexity index is 565. The lowest BCUT2D eigenvalue weighted by molar-refractivity contribution is 0.598. The number of pyridine rings is 1. The molecule has 2 N–H and O–H groups in total. The topological polar surface area (TPSA) is 87.7 Å². The predicted molar refractivity (Wildman–Crippen MR) is 58.6 cm³/mol. The summed E-state index contributed by atoms with van der Waals surface area (Å²) in [6, 6.07) is 3.01. The molecule has 0 radical (unpaired) electrons. The summed E-state index contributed by atoms with van der Waals surface area (Å²) < 4.78 is 25.7. The number of H-pyrrole nitrogens is 1. The highest BCUT2D eigenvalue weighted by molar-refractivity contribution is 7.92. The maximum atomic E-state index is 11.7. The molecule has 0 aliphatic carbocycles. The molecule has 0 aliphatic heterocycles. The fourth-order valence-electron chi connectivity index (χ4n) is 1.04. The van der Waals surface area contributed by atoms with Crippen molar-refractivity contribution in [2.75, 3.05) is 4.72 Å². The van der Waals surface area contributed by atoms with Gasteiger partial charge in [-0.3, -0.25) is 4.72 Å². The van der Waals surface area contributed by atoms with Crippen molar-refractivity contribution in [3.05, 3.63) is 36.0 Å². The van der Waals surface area contributed by atoms with Crippen LogP contribution in [0.15, 0.2) is 35.9 Å². The van der Waals surface area contributed by atoms with Crippen LogP contribution in [0.25, 0.3) is 0 Å². The third-order valence-corrected chi connectivity index (χ3v) is 3.27. The number of rotatable bonds is 3. The first kappa shape index (κ1) is 10.9. The number of aromatic nitrogens is 3. The zero-order valence-corrected chi connectivity index (χ0v) is 9.46. The van der Waals surface area contributed by atoms with Crippen LogP contribution in [0.1, 0.15) is 0 Å². The number of hydrogen-bond donors (Lipinski definition) is 2. The van der Waals surface area contributed by atoms with Crippen molar-refractivity contribution in [2.24, 2.45) is 0 Å². The molecule has 0 saturated heterocycles. The third-order valence-electron chi connectivity index (χ3n) is 1.74. The van der Waals surface area contributed by atoms with Crippen molar-refractivity contribution in [3.63, 3.8) is 0 Å². The van der Waals surface area contributed by atoms with E-state index in [9.17, 15) is 8.42 Å². The Kier molecular flexibility index (Phi) is 2.80. The Morgan fingerprint density at radius 1 is 1.31 bits per heavy atom. The molecule has 84 valence electrons. The van der Waals surface area contributed by atoms with E-state index in [4.69, 9.17) is 11.6 Å². The van der Waals surface area contributed by atoms with E-state index in [1.807, 2.05) is 0 Å². The molecule has 0 saturated carbocycles. The minimum absolute atomic E-state index is 0.0116. The van der Waals surface area contributed by atoms with Crippen LogP contribution in [0.2, 0.25) is 5.15 Å². The van der Waals surface area contributed by atoms with Crippen LogP contribution in [0.4, 0.5) is 5.69 Å². The van der Waals surface area contributed by atoms with Gasteiger partial charge in [-0.15, -0.1) is 0 Å². The summed E-state index contributed by atoms with van der Waals surface area (Å²) in [6.45, 7) is 0. The Balaban J connectivity index is 2.25. The summed E-state index contributed by atoms with van der Waals surface area (Å²) in [4.78, 5) is 9.89. The Hall–Kier alpha value is -1.60. The standard InChI is InChI=1S/C8H7ClN4O2S/c9-7-2-1-6(3-11-7)13-16(14,15)8-4-10-5-12-8/h1-5,13H,(H,10,12). The van der Waals surface area contributed by atoms with Crippen LogP contribution < -0.4 is 4.72 Å². The van der Waals surface area contributed by atoms with Gasteiger partial charge in [0.25, 0.3) is 10.0 Å². The van der Waals surface area contributed by atoms with Crippen LogP contribution in [0.3, 0.4) is 0 Å². The van der Waals surface area contributed by atoms with Gasteiger partial charge in [0.2, 0.25) is 0 Å². The van der Waals surface area contributed by atoms with Crippen molar-refractivity contribution in [1.29, 1.82) is 0 Å². The lowest BCUT2D eigenvalue weighted by Gasteiger charge is -2.04. The first-order valence-corrected chi connectivity index (χ1v) is 6.07. The molecule has 0 atom stereocenters. The minimum atomic E-state index is -3.63. The molecular formula is C8H7ClN4O2S. The van der Waals surface area contributed by atoms with Crippen LogP contribution in [0, 0.1) is 0 Å². The highest BCUT2D eigenvalue weighted by Crippen LogP contribution is 2.14. The number of aromatic amines is 1. The quantitative estimate of drug-likeness (QED) is 0.812. The van der Waals surface area contributed by atoms with Gasteiger partial charge in [-0.2, -0.15) is 8.42 Å². The molecule has 0 aliphatic rings. The molecule has 0 unspecified atom stereocenters. The number of nitrogens with zero attached hydrogens (tertiary/aromatic N) is 2. The van der Waals surface area contributed by atoms with Gasteiger partial charge in [-0.1, -0.05) is 11.6 Å². The zero-order chi connectivity index (χ0) is 11.6. The summed E-state index contributed by atoms with van der Waals surface area (Å²) in [5, 5.41) is 0.284. The smallest absolute Gasteiger partial charge is 0.279 e. The first-order chi connectivity index (χ1) is 7.58. The molecule has 2 heterocycles. The Morgan fingerprint density at radius 2 is 2.12 bits per heavy atom. The van der Waals surface area contributed by atoms with Gasteiger partial charge in [-0.05, 0) is 12.1 Å². The van der Waals surface area contributed by atoms with Gasteiger partial charge < -0.3 is 4.98 Å². The maximum Gasteiger partial charge on any atom is 0.279 e. The minimum Gasteiger partial charge on any atom is -0.334 e. The SMILES string of the molecule is O=S(=O)(Nc1ccc(Cl)nc1)c1cnc[nH]1. The highest BCUT2D eigenvalue weighted by atomic mass is 35.5. The van der Waals surface area contributed by atoms with E-state index >= 15 is 0 Å². The molecule has 0 amide bonds. The summed E-state index contributed by atoms with van der Waals surface area (Å²) >= 11 is 5.58. The second-order valence-electron chi connectivity index (χ2n) is 2.89. The molecule has 0 aromatic carbocycles. The van der Waals surface area contributed by atoms with Gasteiger partial charge in [0.1, 0.15) is 5.15 Å². The number of sulfonamides is 1. The van der Waals surface area contributed by atoms with Crippen molar-refractivity contribution in [2.45, 2.75) is 5.03 Å². The average Bonchev–Trinajstić information content (AvgIpc) is 2.75. The van der Waals surface area contributed by atoms with Crippen LogP contribution >= 0.6 is 11.6 Å². The fraction of sp³-hybridized carbons (Fsp3) is 0. The van der Waals surface area contributed by atoms with Crippen LogP contribution in [-0.4, -0.2) is 23.4 Å². The first-order valence-electron chi connectivity index (χ1n) is 4.21. The number of anilines is 1. The molecule has 8 heteroatoms. The fourth-order valence-corrected chi connectivity index (χ4v) is 2.10. The van der Waals surface area contributed by atoms with Gasteiger partial charge in [-0.25, -0.2) is 9.97 Å². The van der Waals surface area contributed by atoms with Crippen molar-refractivity contribution in [1.82, 2.24) is 15.0 Å². The second-order valence-corrected chi connectivity index (χ2v) is 4.93. The van der Waals surface area contributed by atoms with Crippen molar-refractivity contribution < 1.29 is 8.42 Å². The van der Waals surface area contributed by atoms with Crippen molar-refractivity contribution in [3.8, 4) is 0 Å². The lowest BCUT2D eigenvalue weighted by atomic mass is 10.4. The van der Waals surface area contributed by atoms with E-state index in [1.165, 1.54) is 30.9 Å². The van der Waals surface area contributed by atoms with Gasteiger partial charge in [0.05, 0.1) is 24.4 Å². The molecule has 2 rings (SSSR count). The van der Waals surface area contributed by atoms with Gasteiger partial charge >= 0.3 is 0 Å². The average molecular weight is 259 g/mol. The molecule has 2 aromatic heterocycles. The number of halogens is 1. The van der Waals surface area contributed by atoms with Gasteiger partial charge in [0.15, 0.2) is 5.03 Å². The van der Waals surface area contributed by atoms with E-state index in [1.54, 1.807) is 0 Å². The van der Waals surface area contributed by atoms with Crippen LogP contribution in [-0.2, 0) is 10.0 Å². The summed E-state index contributed by atoms with van der Waals surface area (Å²) in [6.07, 6.45) is 3.83. The van der Waals surface area contributed by atoms with E-state index in [0.29, 0.717) is 10.8 Å². The number of hydrogen-bond acceptors (Lipinski definition) is 4. The molecular weight excluding hydrogens is 252 g/mol. The highest BCUT2D eigenvalue weighted by Gasteiger charge is 2.15. The molecule has 2 aromatic rings. The summed E-state index contributed by atoms with van der Waals surface area (Å²) in [5.41, 5.74) is 0.332. The van der Waals surface area contributed by atoms with E-state index in [2.05, 4.69) is 19.7 Å². The van der Waals surface area contributed by atoms with E-state index in [0.717, 1.165) is 0 Å². The van der Waals surface area contributed by atoms with E-state index < -0.39 is 10.0 Å². The lowest BCUT2D eigenvalue weighted by Crippen LogP contribution is -2.13. The Morgan fingerprint density at radius 3 is 2.69 bits per heavy atom. The Labute approximate surface area is 96.8 Å². The molecule has 0 fully saturated rings. The van der Waals surface area contributed by atoms with E-state index in [-0.39, 0.29) is 5.03 Å². The number of nitrogens with one attached hydrogen (secondary N) is 2. The summed E-state index contributed by atoms with van der Waals surface area (Å²) in [5.74, 6) is 0. The molecule has 6 nitrogen and oxygen atoms in total. The molecule has 0 spiro atoms. The van der Waals surface area contributed by atoms with Crippen LogP contribution in [0.5, 0.6) is 0 Å². The number of imidazole rings is 1. The van der Waals surface area contributed by atoms with Gasteiger partial charge in [0, 0.05) is 0 Å². The third kappa shape index (κ3) is 2.31. The predicted octanol–water partition coefficient (Wildman–Crippen LogP) is 1.26. The zero-order valence-electron chi connectivity index (χ0n) is 7.88. The summed E-state index contributed by atoms with van der Waals surface area (Å²) in [7, 11) is -3.63. The second kappa shape index (κ2) is 4.11. The van der Waals surface area contributed by atoms with Crippen molar-refractivity contribution >= 4 is 27.3 Å². The maximum absolute atomic E-state index is 11.7. The monoisotopic (exact) mass is 258 g/mol. The largest absolute Gasteiger partial charge is 0.334 e. The molecule has 16 heavy (non-hydrogen) atoms. The normalized spacial score (nSPS) is 11.3. The molecule has 0 bridgehead atoms.